The number of nitrogens with one attached hydrogen (secondary N) is 1. The number of carbonyl (C=O) groups excluding carboxylic acids is 1. The number of hydrogen-bond donors (Lipinski definition) is 1. The molecule has 0 unspecified atom stereocenters. The van der Waals surface area contributed by atoms with Gasteiger partial charge in [0.15, 0.2) is 9.84 Å². The van der Waals surface area contributed by atoms with E-state index in [0.29, 0.717) is 23.0 Å². The summed E-state index contributed by atoms with van der Waals surface area (Å²) >= 11 is 0. The molecule has 2 aliphatic carbocycles. The molecular formula is C32H35N3O3S. The van der Waals surface area contributed by atoms with Crippen LogP contribution in [0, 0.1) is 18.3 Å². The summed E-state index contributed by atoms with van der Waals surface area (Å²) in [5.41, 5.74) is 7.31. The molecule has 1 atom stereocenters. The van der Waals surface area contributed by atoms with E-state index < -0.39 is 15.9 Å². The number of amides is 1. The summed E-state index contributed by atoms with van der Waals surface area (Å²) in [6, 6.07) is 20.7. The lowest BCUT2D eigenvalue weighted by molar-refractivity contribution is 0.0937. The van der Waals surface area contributed by atoms with Gasteiger partial charge in [0.05, 0.1) is 29.2 Å². The van der Waals surface area contributed by atoms with Crippen LogP contribution in [0.2, 0.25) is 0 Å². The monoisotopic (exact) mass is 541 g/mol. The van der Waals surface area contributed by atoms with E-state index in [1.54, 1.807) is 19.1 Å². The molecule has 5 rings (SSSR count). The predicted octanol–water partition coefficient (Wildman–Crippen LogP) is 6.70. The molecule has 2 saturated carbocycles. The Labute approximate surface area is 231 Å². The molecule has 0 heterocycles. The third kappa shape index (κ3) is 6.02. The number of nitrogens with zero attached hydrogens (tertiary/aromatic N) is 2. The van der Waals surface area contributed by atoms with Crippen molar-refractivity contribution in [3.05, 3.63) is 88.5 Å². The van der Waals surface area contributed by atoms with Crippen LogP contribution in [0.5, 0.6) is 0 Å². The first-order valence-corrected chi connectivity index (χ1v) is 15.3. The number of nitriles is 1. The molecular weight excluding hydrogens is 506 g/mol. The Morgan fingerprint density at radius 3 is 2.13 bits per heavy atom. The van der Waals surface area contributed by atoms with Gasteiger partial charge in [-0.3, -0.25) is 4.79 Å². The Bertz CT molecular complexity index is 1500. The second-order valence-corrected chi connectivity index (χ2v) is 13.1. The highest BCUT2D eigenvalue weighted by atomic mass is 32.2. The number of carbonyl (C=O) groups is 1. The van der Waals surface area contributed by atoms with Crippen LogP contribution >= 0.6 is 0 Å². The van der Waals surface area contributed by atoms with E-state index in [9.17, 15) is 18.5 Å². The van der Waals surface area contributed by atoms with E-state index in [1.807, 2.05) is 25.1 Å². The van der Waals surface area contributed by atoms with Gasteiger partial charge in [0.25, 0.3) is 5.91 Å². The van der Waals surface area contributed by atoms with Crippen molar-refractivity contribution in [3.63, 3.8) is 0 Å². The first-order valence-electron chi connectivity index (χ1n) is 13.7. The molecule has 3 aromatic rings. The number of sulfone groups is 1. The van der Waals surface area contributed by atoms with Gasteiger partial charge >= 0.3 is 0 Å². The molecule has 1 amide bonds. The van der Waals surface area contributed by atoms with Crippen LogP contribution in [-0.2, 0) is 9.84 Å². The van der Waals surface area contributed by atoms with Crippen molar-refractivity contribution in [2.45, 2.75) is 68.7 Å². The first-order chi connectivity index (χ1) is 18.7. The predicted molar refractivity (Wildman–Crippen MR) is 154 cm³/mol. The minimum absolute atomic E-state index is 0.0167. The number of benzene rings is 3. The van der Waals surface area contributed by atoms with Crippen LogP contribution < -0.4 is 10.2 Å². The van der Waals surface area contributed by atoms with E-state index >= 15 is 0 Å². The average molecular weight is 542 g/mol. The third-order valence-electron chi connectivity index (χ3n) is 7.89. The van der Waals surface area contributed by atoms with Crippen LogP contribution in [0.3, 0.4) is 0 Å². The highest BCUT2D eigenvalue weighted by molar-refractivity contribution is 7.91. The molecule has 7 heteroatoms. The minimum Gasteiger partial charge on any atom is -0.344 e. The van der Waals surface area contributed by atoms with Gasteiger partial charge in [0.1, 0.15) is 0 Å². The summed E-state index contributed by atoms with van der Waals surface area (Å²) in [5.74, 6) is 1.13. The lowest BCUT2D eigenvalue weighted by Gasteiger charge is -2.24. The van der Waals surface area contributed by atoms with E-state index in [4.69, 9.17) is 0 Å². The summed E-state index contributed by atoms with van der Waals surface area (Å²) in [6.07, 6.45) is 5.17. The van der Waals surface area contributed by atoms with Crippen molar-refractivity contribution in [2.75, 3.05) is 17.7 Å². The van der Waals surface area contributed by atoms with Crippen LogP contribution in [0.15, 0.2) is 65.6 Å². The van der Waals surface area contributed by atoms with Crippen LogP contribution in [0.4, 0.5) is 11.4 Å². The molecule has 0 spiro atoms. The smallest absolute Gasteiger partial charge is 0.251 e. The number of hydrogen-bond acceptors (Lipinski definition) is 5. The summed E-state index contributed by atoms with van der Waals surface area (Å²) < 4.78 is 24.3. The molecule has 0 saturated heterocycles. The fourth-order valence-corrected chi connectivity index (χ4v) is 6.01. The van der Waals surface area contributed by atoms with Gasteiger partial charge in [0, 0.05) is 24.0 Å². The Hall–Kier alpha value is -3.63. The lowest BCUT2D eigenvalue weighted by Crippen LogP contribution is -2.28. The quantitative estimate of drug-likeness (QED) is 0.309. The zero-order valence-corrected chi connectivity index (χ0v) is 23.6. The van der Waals surface area contributed by atoms with E-state index in [2.05, 4.69) is 41.5 Å². The lowest BCUT2D eigenvalue weighted by atomic mass is 10.0. The summed E-state index contributed by atoms with van der Waals surface area (Å²) in [6.45, 7) is 3.61. The van der Waals surface area contributed by atoms with E-state index in [-0.39, 0.29) is 23.0 Å². The zero-order valence-electron chi connectivity index (χ0n) is 22.8. The van der Waals surface area contributed by atoms with Gasteiger partial charge in [-0.05, 0) is 109 Å². The number of aryl methyl sites for hydroxylation is 1. The highest BCUT2D eigenvalue weighted by Crippen LogP contribution is 2.47. The van der Waals surface area contributed by atoms with Gasteiger partial charge in [-0.25, -0.2) is 8.42 Å². The topological polar surface area (TPSA) is 90.3 Å². The molecule has 0 aliphatic heterocycles. The fourth-order valence-electron chi connectivity index (χ4n) is 5.13. The minimum atomic E-state index is -3.32. The molecule has 0 bridgehead atoms. The normalized spacial score (nSPS) is 15.8. The van der Waals surface area contributed by atoms with Crippen LogP contribution in [0.25, 0.3) is 0 Å². The Balaban J connectivity index is 1.34. The molecule has 6 nitrogen and oxygen atoms in total. The van der Waals surface area contributed by atoms with Crippen molar-refractivity contribution in [2.24, 2.45) is 0 Å². The Kier molecular flexibility index (Phi) is 7.51. The van der Waals surface area contributed by atoms with Crippen molar-refractivity contribution >= 4 is 27.1 Å². The standard InChI is InChI=1S/C32H35N3O3S/c1-4-39(37,38)29-12-9-24(10-13-29)30(15-16-33)34-32(36)25-11-14-31(21(2)17-25)35(3)28-19-26(22-5-6-22)18-27(20-28)23-7-8-23/h9-14,17-20,22-23,30H,4-8,15H2,1-3H3,(H,34,36)/t30-/m0/s1. The van der Waals surface area contributed by atoms with E-state index in [0.717, 1.165) is 11.3 Å². The van der Waals surface area contributed by atoms with Gasteiger partial charge in [-0.1, -0.05) is 25.1 Å². The molecule has 2 aliphatic rings. The Morgan fingerprint density at radius 1 is 1.00 bits per heavy atom. The highest BCUT2D eigenvalue weighted by Gasteiger charge is 2.29. The summed E-state index contributed by atoms with van der Waals surface area (Å²) in [4.78, 5) is 15.6. The second-order valence-electron chi connectivity index (χ2n) is 10.8. The Morgan fingerprint density at radius 2 is 1.62 bits per heavy atom. The SMILES string of the molecule is CCS(=O)(=O)c1ccc([C@H](CC#N)NC(=O)c2ccc(N(C)c3cc(C4CC4)cc(C4CC4)c3)c(C)c2)cc1. The summed E-state index contributed by atoms with van der Waals surface area (Å²) in [7, 11) is -1.24. The molecule has 2 fully saturated rings. The van der Waals surface area contributed by atoms with Crippen LogP contribution in [-0.4, -0.2) is 27.1 Å². The number of anilines is 2. The second kappa shape index (κ2) is 10.9. The van der Waals surface area contributed by atoms with Gasteiger partial charge in [0.2, 0.25) is 0 Å². The average Bonchev–Trinajstić information content (AvgIpc) is 3.85. The molecule has 1 N–H and O–H groups in total. The molecule has 0 radical (unpaired) electrons. The molecule has 39 heavy (non-hydrogen) atoms. The maximum Gasteiger partial charge on any atom is 0.251 e. The van der Waals surface area contributed by atoms with Crippen LogP contribution in [0.1, 0.15) is 89.5 Å². The largest absolute Gasteiger partial charge is 0.344 e. The molecule has 202 valence electrons. The maximum absolute atomic E-state index is 13.2. The van der Waals surface area contributed by atoms with Crippen molar-refractivity contribution < 1.29 is 13.2 Å². The van der Waals surface area contributed by atoms with Gasteiger partial charge in [-0.15, -0.1) is 0 Å². The van der Waals surface area contributed by atoms with Crippen molar-refractivity contribution in [3.8, 4) is 6.07 Å². The van der Waals surface area contributed by atoms with Gasteiger partial charge in [-0.2, -0.15) is 5.26 Å². The zero-order chi connectivity index (χ0) is 27.7. The number of rotatable bonds is 10. The van der Waals surface area contributed by atoms with E-state index in [1.165, 1.54) is 54.6 Å². The third-order valence-corrected chi connectivity index (χ3v) is 9.64. The molecule has 3 aromatic carbocycles. The summed E-state index contributed by atoms with van der Waals surface area (Å²) in [5, 5.41) is 12.3. The van der Waals surface area contributed by atoms with Crippen molar-refractivity contribution in [1.82, 2.24) is 5.32 Å². The fraction of sp³-hybridized carbons (Fsp3) is 0.375. The van der Waals surface area contributed by atoms with Gasteiger partial charge < -0.3 is 10.2 Å². The molecule has 0 aromatic heterocycles. The first kappa shape index (κ1) is 27.0. The maximum atomic E-state index is 13.2. The van der Waals surface area contributed by atoms with Crippen molar-refractivity contribution in [1.29, 1.82) is 5.26 Å².